The third kappa shape index (κ3) is 2.51. The molecule has 6 heteroatoms. The zero-order chi connectivity index (χ0) is 10.8. The van der Waals surface area contributed by atoms with Crippen LogP contribution in [0, 0.1) is 0 Å². The zero-order valence-corrected chi connectivity index (χ0v) is 9.37. The number of ether oxygens (including phenoxy) is 1. The van der Waals surface area contributed by atoms with E-state index in [0.717, 1.165) is 19.3 Å². The standard InChI is InChI=1S/C9H10Cl2N2O2/c10-5-4-12-9(11)13-8(5)15-7-3-1-2-6(7)14/h4,6-7,14H,1-3H2/t6-,7+/m1/s1. The quantitative estimate of drug-likeness (QED) is 0.815. The second kappa shape index (κ2) is 4.51. The minimum absolute atomic E-state index is 0.0851. The number of halogens is 2. The number of hydrogen-bond acceptors (Lipinski definition) is 4. The molecule has 1 aliphatic rings. The summed E-state index contributed by atoms with van der Waals surface area (Å²) in [5, 5.41) is 9.96. The Hall–Kier alpha value is -0.580. The zero-order valence-electron chi connectivity index (χ0n) is 7.86. The molecule has 1 heterocycles. The highest BCUT2D eigenvalue weighted by molar-refractivity contribution is 6.32. The van der Waals surface area contributed by atoms with Crippen LogP contribution in [0.15, 0.2) is 6.20 Å². The maximum atomic E-state index is 9.57. The van der Waals surface area contributed by atoms with Gasteiger partial charge in [0.2, 0.25) is 11.2 Å². The van der Waals surface area contributed by atoms with E-state index >= 15 is 0 Å². The molecule has 1 aromatic rings. The molecule has 82 valence electrons. The van der Waals surface area contributed by atoms with Crippen molar-refractivity contribution in [2.24, 2.45) is 0 Å². The van der Waals surface area contributed by atoms with Crippen LogP contribution in [0.2, 0.25) is 10.3 Å². The van der Waals surface area contributed by atoms with Gasteiger partial charge in [0.25, 0.3) is 0 Å². The monoisotopic (exact) mass is 248 g/mol. The number of rotatable bonds is 2. The smallest absolute Gasteiger partial charge is 0.237 e. The summed E-state index contributed by atoms with van der Waals surface area (Å²) in [6.07, 6.45) is 3.19. The molecule has 0 aliphatic heterocycles. The van der Waals surface area contributed by atoms with Gasteiger partial charge in [-0.15, -0.1) is 0 Å². The molecule has 1 N–H and O–H groups in total. The molecule has 15 heavy (non-hydrogen) atoms. The number of nitrogens with zero attached hydrogens (tertiary/aromatic N) is 2. The molecule has 1 fully saturated rings. The van der Waals surface area contributed by atoms with Crippen molar-refractivity contribution in [2.45, 2.75) is 31.5 Å². The Morgan fingerprint density at radius 2 is 2.20 bits per heavy atom. The van der Waals surface area contributed by atoms with E-state index in [1.54, 1.807) is 0 Å². The molecule has 1 aromatic heterocycles. The second-order valence-corrected chi connectivity index (χ2v) is 4.19. The molecule has 1 aliphatic carbocycles. The molecule has 0 unspecified atom stereocenters. The van der Waals surface area contributed by atoms with Gasteiger partial charge >= 0.3 is 0 Å². The van der Waals surface area contributed by atoms with Crippen molar-refractivity contribution in [3.8, 4) is 5.88 Å². The molecule has 2 rings (SSSR count). The van der Waals surface area contributed by atoms with Gasteiger partial charge in [0, 0.05) is 0 Å². The summed E-state index contributed by atoms with van der Waals surface area (Å²) in [6, 6.07) is 0. The molecule has 0 bridgehead atoms. The SMILES string of the molecule is O[C@@H]1CCC[C@@H]1Oc1nc(Cl)ncc1Cl. The van der Waals surface area contributed by atoms with Crippen molar-refractivity contribution in [2.75, 3.05) is 0 Å². The van der Waals surface area contributed by atoms with Crippen LogP contribution in [0.5, 0.6) is 5.88 Å². The Morgan fingerprint density at radius 1 is 1.40 bits per heavy atom. The van der Waals surface area contributed by atoms with Crippen molar-refractivity contribution in [1.82, 2.24) is 9.97 Å². The lowest BCUT2D eigenvalue weighted by Gasteiger charge is -2.16. The van der Waals surface area contributed by atoms with E-state index in [1.165, 1.54) is 6.20 Å². The van der Waals surface area contributed by atoms with Gasteiger partial charge in [-0.1, -0.05) is 11.6 Å². The van der Waals surface area contributed by atoms with Crippen molar-refractivity contribution in [3.05, 3.63) is 16.5 Å². The van der Waals surface area contributed by atoms with Crippen molar-refractivity contribution in [3.63, 3.8) is 0 Å². The minimum atomic E-state index is -0.449. The van der Waals surface area contributed by atoms with Crippen LogP contribution in [0.4, 0.5) is 0 Å². The molecule has 1 saturated carbocycles. The first-order valence-corrected chi connectivity index (χ1v) is 5.45. The first-order valence-electron chi connectivity index (χ1n) is 4.69. The van der Waals surface area contributed by atoms with E-state index in [2.05, 4.69) is 9.97 Å². The summed E-state index contributed by atoms with van der Waals surface area (Å²) in [5.41, 5.74) is 0. The number of aromatic nitrogens is 2. The third-order valence-electron chi connectivity index (χ3n) is 2.36. The van der Waals surface area contributed by atoms with Gasteiger partial charge in [-0.05, 0) is 30.9 Å². The summed E-state index contributed by atoms with van der Waals surface area (Å²) < 4.78 is 5.48. The fraction of sp³-hybridized carbons (Fsp3) is 0.556. The lowest BCUT2D eigenvalue weighted by Crippen LogP contribution is -2.26. The topological polar surface area (TPSA) is 55.2 Å². The fourth-order valence-corrected chi connectivity index (χ4v) is 1.86. The fourth-order valence-electron chi connectivity index (χ4n) is 1.60. The number of aliphatic hydroxyl groups is 1. The molecule has 0 aromatic carbocycles. The number of hydrogen-bond donors (Lipinski definition) is 1. The van der Waals surface area contributed by atoms with E-state index in [9.17, 15) is 5.11 Å². The van der Waals surface area contributed by atoms with E-state index < -0.39 is 6.10 Å². The highest BCUT2D eigenvalue weighted by Gasteiger charge is 2.28. The lowest BCUT2D eigenvalue weighted by atomic mass is 10.3. The molecule has 4 nitrogen and oxygen atoms in total. The summed E-state index contributed by atoms with van der Waals surface area (Å²) in [5.74, 6) is 0.239. The van der Waals surface area contributed by atoms with Gasteiger partial charge in [0.05, 0.1) is 12.3 Å². The van der Waals surface area contributed by atoms with Crippen LogP contribution in [-0.4, -0.2) is 27.3 Å². The maximum Gasteiger partial charge on any atom is 0.237 e. The van der Waals surface area contributed by atoms with Crippen LogP contribution in [0.3, 0.4) is 0 Å². The molecule has 0 saturated heterocycles. The molecule has 2 atom stereocenters. The highest BCUT2D eigenvalue weighted by atomic mass is 35.5. The predicted octanol–water partition coefficient (Wildman–Crippen LogP) is 2.08. The molecular weight excluding hydrogens is 239 g/mol. The van der Waals surface area contributed by atoms with Crippen LogP contribution in [0.25, 0.3) is 0 Å². The predicted molar refractivity (Wildman–Crippen MR) is 56.3 cm³/mol. The van der Waals surface area contributed by atoms with E-state index in [0.29, 0.717) is 5.02 Å². The minimum Gasteiger partial charge on any atom is -0.470 e. The van der Waals surface area contributed by atoms with Crippen LogP contribution >= 0.6 is 23.2 Å². The average molecular weight is 249 g/mol. The van der Waals surface area contributed by atoms with Gasteiger partial charge < -0.3 is 9.84 Å². The molecule has 0 radical (unpaired) electrons. The van der Waals surface area contributed by atoms with E-state index in [1.807, 2.05) is 0 Å². The average Bonchev–Trinajstić information content (AvgIpc) is 2.58. The normalized spacial score (nSPS) is 25.5. The first kappa shape index (κ1) is 10.9. The Morgan fingerprint density at radius 3 is 2.87 bits per heavy atom. The van der Waals surface area contributed by atoms with Crippen LogP contribution < -0.4 is 4.74 Å². The first-order chi connectivity index (χ1) is 7.16. The Labute approximate surface area is 97.2 Å². The highest BCUT2D eigenvalue weighted by Crippen LogP contribution is 2.28. The second-order valence-electron chi connectivity index (χ2n) is 3.45. The van der Waals surface area contributed by atoms with Crippen molar-refractivity contribution < 1.29 is 9.84 Å². The van der Waals surface area contributed by atoms with Gasteiger partial charge in [0.1, 0.15) is 11.1 Å². The summed E-state index contributed by atoms with van der Waals surface area (Å²) in [6.45, 7) is 0. The van der Waals surface area contributed by atoms with Crippen LogP contribution in [-0.2, 0) is 0 Å². The van der Waals surface area contributed by atoms with Gasteiger partial charge in [-0.2, -0.15) is 4.98 Å². The summed E-state index contributed by atoms with van der Waals surface area (Å²) in [4.78, 5) is 7.57. The van der Waals surface area contributed by atoms with Gasteiger partial charge in [-0.25, -0.2) is 4.98 Å². The molecule has 0 amide bonds. The Balaban J connectivity index is 2.12. The Bertz CT molecular complexity index is 362. The molecule has 0 spiro atoms. The summed E-state index contributed by atoms with van der Waals surface area (Å²) >= 11 is 11.4. The largest absolute Gasteiger partial charge is 0.470 e. The maximum absolute atomic E-state index is 9.57. The number of aliphatic hydroxyl groups excluding tert-OH is 1. The lowest BCUT2D eigenvalue weighted by molar-refractivity contribution is 0.0574. The van der Waals surface area contributed by atoms with E-state index in [-0.39, 0.29) is 17.3 Å². The molecular formula is C9H10Cl2N2O2. The van der Waals surface area contributed by atoms with Gasteiger partial charge in [-0.3, -0.25) is 0 Å². The van der Waals surface area contributed by atoms with Gasteiger partial charge in [0.15, 0.2) is 0 Å². The van der Waals surface area contributed by atoms with Crippen molar-refractivity contribution >= 4 is 23.2 Å². The summed E-state index contributed by atoms with van der Waals surface area (Å²) in [7, 11) is 0. The van der Waals surface area contributed by atoms with Crippen molar-refractivity contribution in [1.29, 1.82) is 0 Å². The van der Waals surface area contributed by atoms with E-state index in [4.69, 9.17) is 27.9 Å². The van der Waals surface area contributed by atoms with Crippen LogP contribution in [0.1, 0.15) is 19.3 Å². The Kier molecular flexibility index (Phi) is 3.29. The third-order valence-corrected chi connectivity index (χ3v) is 2.80.